The van der Waals surface area contributed by atoms with Gasteiger partial charge in [0.2, 0.25) is 5.76 Å². The number of ether oxygens (including phenoxy) is 2. The summed E-state index contributed by atoms with van der Waals surface area (Å²) in [6.07, 6.45) is 2.83. The Kier molecular flexibility index (Phi) is 6.20. The second-order valence-electron chi connectivity index (χ2n) is 5.84. The highest BCUT2D eigenvalue weighted by Crippen LogP contribution is 2.15. The van der Waals surface area contributed by atoms with Crippen LogP contribution in [0.15, 0.2) is 76.4 Å². The van der Waals surface area contributed by atoms with E-state index in [1.165, 1.54) is 18.5 Å². The number of hydrazone groups is 1. The summed E-state index contributed by atoms with van der Waals surface area (Å²) in [5.41, 5.74) is 4.07. The molecule has 0 atom stereocenters. The van der Waals surface area contributed by atoms with Gasteiger partial charge in [-0.2, -0.15) is 5.10 Å². The van der Waals surface area contributed by atoms with E-state index in [9.17, 15) is 9.59 Å². The molecule has 1 aromatic heterocycles. The summed E-state index contributed by atoms with van der Waals surface area (Å²) in [6.45, 7) is 1.79. The molecule has 0 bridgehead atoms. The first-order chi connectivity index (χ1) is 13.6. The van der Waals surface area contributed by atoms with Crippen LogP contribution in [0.4, 0.5) is 0 Å². The number of nitrogens with one attached hydrogen (secondary N) is 1. The summed E-state index contributed by atoms with van der Waals surface area (Å²) < 4.78 is 15.6. The molecule has 0 aliphatic heterocycles. The fraction of sp³-hybridized carbons (Fsp3) is 0.0952. The van der Waals surface area contributed by atoms with Crippen LogP contribution < -0.4 is 14.9 Å². The van der Waals surface area contributed by atoms with Gasteiger partial charge in [0.25, 0.3) is 5.91 Å². The summed E-state index contributed by atoms with van der Waals surface area (Å²) >= 11 is 0. The number of esters is 1. The van der Waals surface area contributed by atoms with Gasteiger partial charge in [0, 0.05) is 0 Å². The third-order valence-corrected chi connectivity index (χ3v) is 3.55. The molecule has 1 amide bonds. The molecule has 1 N–H and O–H groups in total. The molecule has 0 aliphatic rings. The molecule has 28 heavy (non-hydrogen) atoms. The van der Waals surface area contributed by atoms with Gasteiger partial charge < -0.3 is 13.9 Å². The van der Waals surface area contributed by atoms with E-state index in [0.29, 0.717) is 17.1 Å². The van der Waals surface area contributed by atoms with Crippen molar-refractivity contribution in [2.24, 2.45) is 5.10 Å². The summed E-state index contributed by atoms with van der Waals surface area (Å²) in [4.78, 5) is 23.7. The van der Waals surface area contributed by atoms with Crippen molar-refractivity contribution in [1.29, 1.82) is 0 Å². The van der Waals surface area contributed by atoms with Gasteiger partial charge in [0.05, 0.1) is 12.5 Å². The zero-order chi connectivity index (χ0) is 19.8. The van der Waals surface area contributed by atoms with Crippen molar-refractivity contribution in [2.45, 2.75) is 6.92 Å². The number of aryl methyl sites for hydroxylation is 1. The average molecular weight is 378 g/mol. The zero-order valence-corrected chi connectivity index (χ0v) is 15.1. The minimum atomic E-state index is -0.597. The number of carbonyl (C=O) groups excluding carboxylic acids is 2. The molecule has 3 rings (SSSR count). The van der Waals surface area contributed by atoms with Gasteiger partial charge in [0.15, 0.2) is 6.61 Å². The largest absolute Gasteiger partial charge is 0.484 e. The number of amides is 1. The maximum Gasteiger partial charge on any atom is 0.379 e. The average Bonchev–Trinajstić information content (AvgIpc) is 3.22. The Bertz CT molecular complexity index is 980. The van der Waals surface area contributed by atoms with E-state index in [4.69, 9.17) is 13.9 Å². The van der Waals surface area contributed by atoms with Crippen LogP contribution in [0.3, 0.4) is 0 Å². The molecule has 2 aromatic carbocycles. The highest BCUT2D eigenvalue weighted by Gasteiger charge is 2.11. The molecule has 0 saturated carbocycles. The number of benzene rings is 2. The molecule has 7 nitrogen and oxygen atoms in total. The Balaban J connectivity index is 1.50. The predicted octanol–water partition coefficient (Wildman–Crippen LogP) is 3.34. The van der Waals surface area contributed by atoms with Gasteiger partial charge in [-0.3, -0.25) is 4.79 Å². The molecule has 0 fully saturated rings. The Hall–Kier alpha value is -3.87. The predicted molar refractivity (Wildman–Crippen MR) is 103 cm³/mol. The van der Waals surface area contributed by atoms with Gasteiger partial charge in [-0.1, -0.05) is 24.3 Å². The Labute approximate surface area is 161 Å². The van der Waals surface area contributed by atoms with Crippen molar-refractivity contribution in [2.75, 3.05) is 6.61 Å². The van der Waals surface area contributed by atoms with Crippen LogP contribution in [0.1, 0.15) is 21.7 Å². The fourth-order valence-corrected chi connectivity index (χ4v) is 2.28. The lowest BCUT2D eigenvalue weighted by Gasteiger charge is -2.05. The van der Waals surface area contributed by atoms with Crippen LogP contribution in [0.2, 0.25) is 0 Å². The smallest absolute Gasteiger partial charge is 0.379 e. The molecule has 0 radical (unpaired) electrons. The molecular weight excluding hydrogens is 360 g/mol. The SMILES string of the molecule is Cc1cccc(OCC(=O)NN=Cc2cccc(OC(=O)c3ccco3)c2)c1. The van der Waals surface area contributed by atoms with E-state index in [2.05, 4.69) is 10.5 Å². The van der Waals surface area contributed by atoms with Crippen LogP contribution in [0.25, 0.3) is 0 Å². The van der Waals surface area contributed by atoms with Gasteiger partial charge in [0.1, 0.15) is 11.5 Å². The van der Waals surface area contributed by atoms with Crippen molar-refractivity contribution in [3.05, 3.63) is 83.8 Å². The first kappa shape index (κ1) is 18.9. The number of nitrogens with zero attached hydrogens (tertiary/aromatic N) is 1. The van der Waals surface area contributed by atoms with Crippen molar-refractivity contribution >= 4 is 18.1 Å². The highest BCUT2D eigenvalue weighted by molar-refractivity contribution is 5.88. The molecule has 3 aromatic rings. The lowest BCUT2D eigenvalue weighted by molar-refractivity contribution is -0.123. The number of rotatable bonds is 7. The monoisotopic (exact) mass is 378 g/mol. The van der Waals surface area contributed by atoms with E-state index in [1.54, 1.807) is 36.4 Å². The minimum absolute atomic E-state index is 0.111. The number of furan rings is 1. The molecule has 1 heterocycles. The second-order valence-corrected chi connectivity index (χ2v) is 5.84. The second kappa shape index (κ2) is 9.18. The number of hydrogen-bond donors (Lipinski definition) is 1. The van der Waals surface area contributed by atoms with E-state index >= 15 is 0 Å². The van der Waals surface area contributed by atoms with Crippen LogP contribution in [0.5, 0.6) is 11.5 Å². The normalized spacial score (nSPS) is 10.6. The van der Waals surface area contributed by atoms with Crippen LogP contribution in [0, 0.1) is 6.92 Å². The van der Waals surface area contributed by atoms with Gasteiger partial charge in [-0.15, -0.1) is 0 Å². The van der Waals surface area contributed by atoms with E-state index in [0.717, 1.165) is 5.56 Å². The van der Waals surface area contributed by atoms with E-state index in [1.807, 2.05) is 25.1 Å². The molecule has 0 aliphatic carbocycles. The van der Waals surface area contributed by atoms with Gasteiger partial charge in [-0.05, 0) is 54.4 Å². The van der Waals surface area contributed by atoms with E-state index < -0.39 is 11.9 Å². The van der Waals surface area contributed by atoms with Crippen LogP contribution >= 0.6 is 0 Å². The van der Waals surface area contributed by atoms with Crippen molar-refractivity contribution < 1.29 is 23.5 Å². The number of carbonyl (C=O) groups is 2. The maximum absolute atomic E-state index is 11.9. The third-order valence-electron chi connectivity index (χ3n) is 3.55. The Morgan fingerprint density at radius 2 is 1.89 bits per heavy atom. The van der Waals surface area contributed by atoms with Gasteiger partial charge >= 0.3 is 5.97 Å². The van der Waals surface area contributed by atoms with Crippen molar-refractivity contribution in [3.8, 4) is 11.5 Å². The van der Waals surface area contributed by atoms with Crippen LogP contribution in [-0.4, -0.2) is 24.7 Å². The standard InChI is InChI=1S/C21H18N2O5/c1-15-5-2-7-17(11-15)27-14-20(24)23-22-13-16-6-3-8-18(12-16)28-21(25)19-9-4-10-26-19/h2-13H,14H2,1H3,(H,23,24). The number of hydrogen-bond acceptors (Lipinski definition) is 6. The molecular formula is C21H18N2O5. The first-order valence-corrected chi connectivity index (χ1v) is 8.47. The third kappa shape index (κ3) is 5.57. The first-order valence-electron chi connectivity index (χ1n) is 8.47. The summed E-state index contributed by atoms with van der Waals surface area (Å²) in [6, 6.07) is 17.2. The Morgan fingerprint density at radius 3 is 2.68 bits per heavy atom. The zero-order valence-electron chi connectivity index (χ0n) is 15.1. The van der Waals surface area contributed by atoms with Gasteiger partial charge in [-0.25, -0.2) is 10.2 Å². The molecule has 142 valence electrons. The maximum atomic E-state index is 11.9. The topological polar surface area (TPSA) is 90.1 Å². The fourth-order valence-electron chi connectivity index (χ4n) is 2.28. The lowest BCUT2D eigenvalue weighted by Crippen LogP contribution is -2.24. The van der Waals surface area contributed by atoms with Crippen molar-refractivity contribution in [3.63, 3.8) is 0 Å². The summed E-state index contributed by atoms with van der Waals surface area (Å²) in [5, 5.41) is 3.88. The minimum Gasteiger partial charge on any atom is -0.484 e. The van der Waals surface area contributed by atoms with E-state index in [-0.39, 0.29) is 12.4 Å². The van der Waals surface area contributed by atoms with Crippen molar-refractivity contribution in [1.82, 2.24) is 5.43 Å². The molecule has 0 saturated heterocycles. The lowest BCUT2D eigenvalue weighted by atomic mass is 10.2. The molecule has 7 heteroatoms. The molecule has 0 spiro atoms. The summed E-state index contributed by atoms with van der Waals surface area (Å²) in [5.74, 6) is 0.0726. The quantitative estimate of drug-likeness (QED) is 0.295. The van der Waals surface area contributed by atoms with Crippen LogP contribution in [-0.2, 0) is 4.79 Å². The summed E-state index contributed by atoms with van der Waals surface area (Å²) in [7, 11) is 0. The molecule has 0 unspecified atom stereocenters. The highest BCUT2D eigenvalue weighted by atomic mass is 16.5. The Morgan fingerprint density at radius 1 is 1.07 bits per heavy atom.